The van der Waals surface area contributed by atoms with Gasteiger partial charge in [0.05, 0.1) is 17.6 Å². The quantitative estimate of drug-likeness (QED) is 0.717. The van der Waals surface area contributed by atoms with Gasteiger partial charge in [0.2, 0.25) is 0 Å². The number of aryl methyl sites for hydroxylation is 2. The second kappa shape index (κ2) is 7.67. The molecule has 28 heavy (non-hydrogen) atoms. The van der Waals surface area contributed by atoms with E-state index in [0.29, 0.717) is 18.1 Å². The van der Waals surface area contributed by atoms with Crippen LogP contribution < -0.4 is 21.3 Å². The summed E-state index contributed by atoms with van der Waals surface area (Å²) in [5.41, 5.74) is 0.697. The molecule has 8 nitrogen and oxygen atoms in total. The van der Waals surface area contributed by atoms with Gasteiger partial charge < -0.3 is 10.1 Å². The molecule has 0 unspecified atom stereocenters. The zero-order valence-corrected chi connectivity index (χ0v) is 16.3. The van der Waals surface area contributed by atoms with Crippen molar-refractivity contribution in [3.8, 4) is 5.75 Å². The monoisotopic (exact) mass is 382 g/mol. The number of hydrogen-bond acceptors (Lipinski definition) is 5. The van der Waals surface area contributed by atoms with Gasteiger partial charge in [-0.2, -0.15) is 0 Å². The van der Waals surface area contributed by atoms with Gasteiger partial charge >= 0.3 is 5.69 Å². The molecule has 0 atom stereocenters. The molecule has 3 aromatic rings. The minimum absolute atomic E-state index is 0.116. The Morgan fingerprint density at radius 1 is 1.18 bits per heavy atom. The number of ether oxygens (including phenoxy) is 1. The number of rotatable bonds is 5. The molecule has 0 aliphatic carbocycles. The van der Waals surface area contributed by atoms with Crippen molar-refractivity contribution in [2.75, 3.05) is 6.61 Å². The predicted octanol–water partition coefficient (Wildman–Crippen LogP) is 1.27. The Kier molecular flexibility index (Phi) is 5.30. The largest absolute Gasteiger partial charge is 0.494 e. The van der Waals surface area contributed by atoms with Crippen LogP contribution in [-0.4, -0.2) is 26.6 Å². The average Bonchev–Trinajstić information content (AvgIpc) is 2.69. The third-order valence-electron chi connectivity index (χ3n) is 4.49. The first kappa shape index (κ1) is 19.3. The Balaban J connectivity index is 2.03. The van der Waals surface area contributed by atoms with Gasteiger partial charge in [-0.1, -0.05) is 18.2 Å². The van der Waals surface area contributed by atoms with E-state index >= 15 is 0 Å². The number of fused-ring (bicyclic) bond motifs is 1. The summed E-state index contributed by atoms with van der Waals surface area (Å²) in [6.45, 7) is 4.36. The van der Waals surface area contributed by atoms with Crippen molar-refractivity contribution in [2.45, 2.75) is 20.4 Å². The summed E-state index contributed by atoms with van der Waals surface area (Å²) in [7, 11) is 2.90. The normalized spacial score (nSPS) is 10.9. The number of nitrogens with zero attached hydrogens (tertiary/aromatic N) is 3. The van der Waals surface area contributed by atoms with Crippen LogP contribution in [0.4, 0.5) is 0 Å². The Labute approximate surface area is 161 Å². The van der Waals surface area contributed by atoms with Crippen LogP contribution in [0.3, 0.4) is 0 Å². The van der Waals surface area contributed by atoms with Crippen LogP contribution in [0.5, 0.6) is 5.75 Å². The molecule has 0 aliphatic heterocycles. The molecule has 0 aliphatic rings. The molecule has 0 spiro atoms. The van der Waals surface area contributed by atoms with Gasteiger partial charge in [0.15, 0.2) is 0 Å². The van der Waals surface area contributed by atoms with Gasteiger partial charge in [-0.3, -0.25) is 18.7 Å². The average molecular weight is 382 g/mol. The summed E-state index contributed by atoms with van der Waals surface area (Å²) < 4.78 is 7.82. The van der Waals surface area contributed by atoms with Crippen LogP contribution in [-0.2, 0) is 20.6 Å². The van der Waals surface area contributed by atoms with Crippen LogP contribution in [0.1, 0.15) is 28.5 Å². The van der Waals surface area contributed by atoms with Crippen molar-refractivity contribution in [2.24, 2.45) is 14.1 Å². The van der Waals surface area contributed by atoms with Crippen molar-refractivity contribution < 1.29 is 9.53 Å². The minimum atomic E-state index is -0.550. The molecule has 2 aromatic heterocycles. The smallest absolute Gasteiger partial charge is 0.332 e. The highest BCUT2D eigenvalue weighted by atomic mass is 16.5. The zero-order valence-electron chi connectivity index (χ0n) is 16.3. The fourth-order valence-corrected chi connectivity index (χ4v) is 3.08. The highest BCUT2D eigenvalue weighted by Crippen LogP contribution is 2.18. The number of carbonyl (C=O) groups is 1. The van der Waals surface area contributed by atoms with E-state index in [2.05, 4.69) is 10.3 Å². The minimum Gasteiger partial charge on any atom is -0.494 e. The molecule has 146 valence electrons. The van der Waals surface area contributed by atoms with Gasteiger partial charge in [-0.15, -0.1) is 0 Å². The highest BCUT2D eigenvalue weighted by molar-refractivity contribution is 6.05. The third kappa shape index (κ3) is 3.40. The first-order valence-electron chi connectivity index (χ1n) is 8.91. The Bertz CT molecular complexity index is 1180. The predicted molar refractivity (Wildman–Crippen MR) is 106 cm³/mol. The highest BCUT2D eigenvalue weighted by Gasteiger charge is 2.19. The van der Waals surface area contributed by atoms with E-state index < -0.39 is 17.2 Å². The molecule has 2 heterocycles. The van der Waals surface area contributed by atoms with Crippen LogP contribution in [0.25, 0.3) is 11.0 Å². The fourth-order valence-electron chi connectivity index (χ4n) is 3.08. The topological polar surface area (TPSA) is 95.2 Å². The number of hydrogen-bond donors (Lipinski definition) is 1. The van der Waals surface area contributed by atoms with Crippen LogP contribution >= 0.6 is 0 Å². The van der Waals surface area contributed by atoms with Crippen molar-refractivity contribution >= 4 is 16.9 Å². The number of pyridine rings is 1. The Morgan fingerprint density at radius 3 is 2.61 bits per heavy atom. The zero-order chi connectivity index (χ0) is 20.4. The fraction of sp³-hybridized carbons (Fsp3) is 0.300. The lowest BCUT2D eigenvalue weighted by Crippen LogP contribution is -2.38. The van der Waals surface area contributed by atoms with Crippen molar-refractivity contribution in [1.29, 1.82) is 0 Å². The maximum absolute atomic E-state index is 12.9. The van der Waals surface area contributed by atoms with Crippen molar-refractivity contribution in [1.82, 2.24) is 19.4 Å². The lowest BCUT2D eigenvalue weighted by Gasteiger charge is -2.13. The summed E-state index contributed by atoms with van der Waals surface area (Å²) in [6.07, 6.45) is 0. The van der Waals surface area contributed by atoms with E-state index in [9.17, 15) is 14.4 Å². The van der Waals surface area contributed by atoms with E-state index in [1.807, 2.05) is 31.2 Å². The van der Waals surface area contributed by atoms with Crippen molar-refractivity contribution in [3.05, 3.63) is 68.0 Å². The molecule has 0 bridgehead atoms. The number of aromatic nitrogens is 3. The third-order valence-corrected chi connectivity index (χ3v) is 4.49. The van der Waals surface area contributed by atoms with Gasteiger partial charge in [-0.05, 0) is 26.0 Å². The van der Waals surface area contributed by atoms with Gasteiger partial charge in [0, 0.05) is 31.9 Å². The van der Waals surface area contributed by atoms with Gasteiger partial charge in [-0.25, -0.2) is 9.78 Å². The number of amides is 1. The molecule has 3 rings (SSSR count). The number of nitrogens with one attached hydrogen (secondary N) is 1. The molecule has 0 saturated carbocycles. The van der Waals surface area contributed by atoms with Crippen LogP contribution in [0, 0.1) is 6.92 Å². The van der Waals surface area contributed by atoms with Crippen LogP contribution in [0.15, 0.2) is 39.9 Å². The second-order valence-corrected chi connectivity index (χ2v) is 6.44. The second-order valence-electron chi connectivity index (χ2n) is 6.44. The first-order chi connectivity index (χ1) is 13.3. The summed E-state index contributed by atoms with van der Waals surface area (Å²) in [5.74, 6) is 0.275. The molecule has 1 aromatic carbocycles. The Hall–Kier alpha value is -3.42. The summed E-state index contributed by atoms with van der Waals surface area (Å²) >= 11 is 0. The van der Waals surface area contributed by atoms with Crippen LogP contribution in [0.2, 0.25) is 0 Å². The maximum atomic E-state index is 12.9. The molecule has 1 amide bonds. The molecule has 1 N–H and O–H groups in total. The number of para-hydroxylation sites is 1. The van der Waals surface area contributed by atoms with Gasteiger partial charge in [0.25, 0.3) is 11.5 Å². The molecule has 0 radical (unpaired) electrons. The molecule has 8 heteroatoms. The van der Waals surface area contributed by atoms with E-state index in [0.717, 1.165) is 10.1 Å². The lowest BCUT2D eigenvalue weighted by molar-refractivity contribution is 0.0952. The SMILES string of the molecule is CCOc1ccccc1CNC(=O)c1cc(C)nc2c1c(=O)n(C)c(=O)n2C. The molecular weight excluding hydrogens is 360 g/mol. The summed E-state index contributed by atoms with van der Waals surface area (Å²) in [6, 6.07) is 8.98. The molecular formula is C20H22N4O4. The molecule has 0 fully saturated rings. The Morgan fingerprint density at radius 2 is 1.89 bits per heavy atom. The standard InChI is InChI=1S/C20H22N4O4/c1-5-28-15-9-7-6-8-13(15)11-21-18(25)14-10-12(2)22-17-16(14)19(26)24(4)20(27)23(17)3/h6-10H,5,11H2,1-4H3,(H,21,25). The first-order valence-corrected chi connectivity index (χ1v) is 8.91. The van der Waals surface area contributed by atoms with Crippen molar-refractivity contribution in [3.63, 3.8) is 0 Å². The summed E-state index contributed by atoms with van der Waals surface area (Å²) in [4.78, 5) is 42.0. The van der Waals surface area contributed by atoms with Gasteiger partial charge in [0.1, 0.15) is 11.4 Å². The number of benzene rings is 1. The lowest BCUT2D eigenvalue weighted by atomic mass is 10.1. The van der Waals surface area contributed by atoms with E-state index in [-0.39, 0.29) is 23.1 Å². The van der Waals surface area contributed by atoms with E-state index in [1.165, 1.54) is 18.7 Å². The summed E-state index contributed by atoms with van der Waals surface area (Å²) in [5, 5.41) is 2.95. The maximum Gasteiger partial charge on any atom is 0.332 e. The van der Waals surface area contributed by atoms with E-state index in [4.69, 9.17) is 4.74 Å². The number of carbonyl (C=O) groups excluding carboxylic acids is 1. The molecule has 0 saturated heterocycles. The van der Waals surface area contributed by atoms with E-state index in [1.54, 1.807) is 13.0 Å².